The van der Waals surface area contributed by atoms with Gasteiger partial charge in [0.15, 0.2) is 0 Å². The van der Waals surface area contributed by atoms with Gasteiger partial charge in [0.2, 0.25) is 0 Å². The first-order valence-corrected chi connectivity index (χ1v) is 19.6. The number of anilines is 1. The first kappa shape index (κ1) is 33.5. The monoisotopic (exact) mass is 667 g/mol. The maximum atomic E-state index is 3.77. The molecular formula is C50H53N. The van der Waals surface area contributed by atoms with Crippen LogP contribution < -0.4 is 5.32 Å². The minimum Gasteiger partial charge on any atom is -0.359 e. The number of hydrogen-bond donors (Lipinski definition) is 1. The SMILES string of the molecule is CCC(C)(CC)C1C=CC(C2=CC(c3cccc(C4=CC=CCC4)c3)CC(C3=CC=C(Nc4cccc(-c5ccc6c(c5)CC6)c4)CC3)=C2)=CC1. The van der Waals surface area contributed by atoms with Crippen LogP contribution >= 0.6 is 0 Å². The second kappa shape index (κ2) is 14.5. The lowest BCUT2D eigenvalue weighted by atomic mass is 9.69. The van der Waals surface area contributed by atoms with Crippen molar-refractivity contribution in [3.8, 4) is 11.1 Å². The van der Waals surface area contributed by atoms with Crippen molar-refractivity contribution >= 4 is 11.3 Å². The second-order valence-electron chi connectivity index (χ2n) is 15.7. The molecule has 0 fully saturated rings. The van der Waals surface area contributed by atoms with Crippen LogP contribution in [0.25, 0.3) is 16.7 Å². The lowest BCUT2D eigenvalue weighted by Gasteiger charge is -2.36. The smallest absolute Gasteiger partial charge is 0.0388 e. The van der Waals surface area contributed by atoms with E-state index in [2.05, 4.69) is 154 Å². The highest BCUT2D eigenvalue weighted by Crippen LogP contribution is 2.44. The van der Waals surface area contributed by atoms with Gasteiger partial charge in [-0.3, -0.25) is 0 Å². The van der Waals surface area contributed by atoms with Gasteiger partial charge in [-0.1, -0.05) is 143 Å². The van der Waals surface area contributed by atoms with Gasteiger partial charge < -0.3 is 5.32 Å². The Kier molecular flexibility index (Phi) is 9.56. The van der Waals surface area contributed by atoms with Gasteiger partial charge in [-0.05, 0) is 142 Å². The van der Waals surface area contributed by atoms with E-state index in [0.717, 1.165) is 38.5 Å². The van der Waals surface area contributed by atoms with Gasteiger partial charge in [0.1, 0.15) is 0 Å². The first-order valence-electron chi connectivity index (χ1n) is 19.6. The molecule has 0 aliphatic heterocycles. The van der Waals surface area contributed by atoms with Crippen molar-refractivity contribution in [1.82, 2.24) is 0 Å². The number of nitrogens with one attached hydrogen (secondary N) is 1. The van der Waals surface area contributed by atoms with Gasteiger partial charge in [-0.15, -0.1) is 0 Å². The van der Waals surface area contributed by atoms with Crippen LogP contribution in [-0.4, -0.2) is 0 Å². The molecule has 51 heavy (non-hydrogen) atoms. The van der Waals surface area contributed by atoms with E-state index in [1.165, 1.54) is 98.3 Å². The van der Waals surface area contributed by atoms with Crippen LogP contribution in [0.3, 0.4) is 0 Å². The molecule has 258 valence electrons. The number of rotatable bonds is 10. The average molecular weight is 668 g/mol. The molecule has 1 N–H and O–H groups in total. The Labute approximate surface area is 306 Å². The molecule has 5 aliphatic rings. The van der Waals surface area contributed by atoms with Crippen molar-refractivity contribution in [3.63, 3.8) is 0 Å². The molecule has 0 saturated carbocycles. The zero-order valence-electron chi connectivity index (χ0n) is 30.9. The van der Waals surface area contributed by atoms with Gasteiger partial charge in [-0.2, -0.15) is 0 Å². The number of allylic oxidation sites excluding steroid dienone is 16. The van der Waals surface area contributed by atoms with Crippen LogP contribution in [0, 0.1) is 11.3 Å². The highest BCUT2D eigenvalue weighted by Gasteiger charge is 2.30. The maximum absolute atomic E-state index is 3.77. The van der Waals surface area contributed by atoms with E-state index in [9.17, 15) is 0 Å². The van der Waals surface area contributed by atoms with Gasteiger partial charge in [0.25, 0.3) is 0 Å². The fourth-order valence-electron chi connectivity index (χ4n) is 8.71. The topological polar surface area (TPSA) is 12.0 Å². The zero-order chi connectivity index (χ0) is 34.8. The second-order valence-corrected chi connectivity index (χ2v) is 15.7. The molecule has 1 heteroatoms. The summed E-state index contributed by atoms with van der Waals surface area (Å²) in [5, 5.41) is 3.77. The predicted molar refractivity (Wildman–Crippen MR) is 219 cm³/mol. The van der Waals surface area contributed by atoms with E-state index >= 15 is 0 Å². The van der Waals surface area contributed by atoms with Crippen LogP contribution in [0.15, 0.2) is 155 Å². The molecule has 0 saturated heterocycles. The summed E-state index contributed by atoms with van der Waals surface area (Å²) in [5.41, 5.74) is 18.5. The Morgan fingerprint density at radius 3 is 2.29 bits per heavy atom. The quantitative estimate of drug-likeness (QED) is 0.227. The van der Waals surface area contributed by atoms with Crippen LogP contribution in [-0.2, 0) is 12.8 Å². The van der Waals surface area contributed by atoms with Crippen LogP contribution in [0.5, 0.6) is 0 Å². The number of fused-ring (bicyclic) bond motifs is 1. The molecule has 0 amide bonds. The molecule has 0 aromatic heterocycles. The number of aryl methyl sites for hydroxylation is 2. The summed E-state index contributed by atoms with van der Waals surface area (Å²) in [7, 11) is 0. The summed E-state index contributed by atoms with van der Waals surface area (Å²) in [6.07, 6.45) is 35.4. The number of benzene rings is 3. The summed E-state index contributed by atoms with van der Waals surface area (Å²) < 4.78 is 0. The van der Waals surface area contributed by atoms with Gasteiger partial charge in [0, 0.05) is 17.3 Å². The van der Waals surface area contributed by atoms with Crippen molar-refractivity contribution in [2.45, 2.75) is 90.9 Å². The summed E-state index contributed by atoms with van der Waals surface area (Å²) in [6, 6.07) is 25.3. The van der Waals surface area contributed by atoms with Gasteiger partial charge >= 0.3 is 0 Å². The first-order chi connectivity index (χ1) is 25.0. The maximum Gasteiger partial charge on any atom is 0.0388 e. The third-order valence-electron chi connectivity index (χ3n) is 12.7. The fraction of sp³-hybridized carbons (Fsp3) is 0.320. The average Bonchev–Trinajstić information content (AvgIpc) is 3.19. The van der Waals surface area contributed by atoms with Crippen molar-refractivity contribution in [2.75, 3.05) is 5.32 Å². The van der Waals surface area contributed by atoms with Crippen molar-refractivity contribution < 1.29 is 0 Å². The molecule has 2 unspecified atom stereocenters. The van der Waals surface area contributed by atoms with Crippen molar-refractivity contribution in [1.29, 1.82) is 0 Å². The molecular weight excluding hydrogens is 615 g/mol. The Balaban J connectivity index is 1.05. The third kappa shape index (κ3) is 7.14. The third-order valence-corrected chi connectivity index (χ3v) is 12.7. The van der Waals surface area contributed by atoms with Gasteiger partial charge in [0.05, 0.1) is 0 Å². The molecule has 0 radical (unpaired) electrons. The predicted octanol–water partition coefficient (Wildman–Crippen LogP) is 13.6. The molecule has 8 rings (SSSR count). The fourth-order valence-corrected chi connectivity index (χ4v) is 8.71. The minimum absolute atomic E-state index is 0.352. The molecule has 0 bridgehead atoms. The standard InChI is InChI=1S/C50H53N/c1-4-50(3,5-2)47-25-21-37(22-26-47)44-31-45(33-46(32-44)40-14-9-13-39(29-40)35-11-7-6-8-12-35)38-23-27-48(28-24-38)51-49-16-10-15-41(34-49)43-20-18-36-17-19-42(36)30-43/h6-7,9-11,13-16,18,20-23,25,27,29-32,34,46-47,51H,4-5,8,12,17,19,24,26,28,33H2,1-3H3. The van der Waals surface area contributed by atoms with E-state index in [1.807, 2.05) is 0 Å². The van der Waals surface area contributed by atoms with E-state index < -0.39 is 0 Å². The summed E-state index contributed by atoms with van der Waals surface area (Å²) in [5.74, 6) is 0.959. The Bertz CT molecular complexity index is 2060. The van der Waals surface area contributed by atoms with E-state index in [1.54, 1.807) is 0 Å². The summed E-state index contributed by atoms with van der Waals surface area (Å²) in [6.45, 7) is 7.17. The normalized spacial score (nSPS) is 21.3. The molecule has 3 aromatic rings. The van der Waals surface area contributed by atoms with Crippen LogP contribution in [0.2, 0.25) is 0 Å². The summed E-state index contributed by atoms with van der Waals surface area (Å²) >= 11 is 0. The highest BCUT2D eigenvalue weighted by molar-refractivity contribution is 5.71. The largest absolute Gasteiger partial charge is 0.359 e. The van der Waals surface area contributed by atoms with Crippen LogP contribution in [0.1, 0.15) is 100 Å². The Morgan fingerprint density at radius 2 is 1.57 bits per heavy atom. The van der Waals surface area contributed by atoms with E-state index in [0.29, 0.717) is 17.3 Å². The summed E-state index contributed by atoms with van der Waals surface area (Å²) in [4.78, 5) is 0. The molecule has 0 spiro atoms. The molecule has 5 aliphatic carbocycles. The zero-order valence-corrected chi connectivity index (χ0v) is 30.9. The van der Waals surface area contributed by atoms with Crippen LogP contribution in [0.4, 0.5) is 5.69 Å². The Morgan fingerprint density at radius 1 is 0.725 bits per heavy atom. The highest BCUT2D eigenvalue weighted by atomic mass is 14.9. The van der Waals surface area contributed by atoms with Crippen molar-refractivity contribution in [3.05, 3.63) is 178 Å². The molecule has 0 heterocycles. The van der Waals surface area contributed by atoms with E-state index in [4.69, 9.17) is 0 Å². The molecule has 3 aromatic carbocycles. The lowest BCUT2D eigenvalue weighted by molar-refractivity contribution is 0.208. The van der Waals surface area contributed by atoms with E-state index in [-0.39, 0.29) is 0 Å². The lowest BCUT2D eigenvalue weighted by Crippen LogP contribution is -2.25. The van der Waals surface area contributed by atoms with Crippen molar-refractivity contribution in [2.24, 2.45) is 11.3 Å². The Hall–Kier alpha value is -4.62. The number of hydrogen-bond acceptors (Lipinski definition) is 1. The van der Waals surface area contributed by atoms with Gasteiger partial charge in [-0.25, -0.2) is 0 Å². The minimum atomic E-state index is 0.352. The molecule has 2 atom stereocenters. The molecule has 1 nitrogen and oxygen atoms in total.